The van der Waals surface area contributed by atoms with Crippen LogP contribution in [0.5, 0.6) is 0 Å². The minimum atomic E-state index is -3.07. The van der Waals surface area contributed by atoms with Crippen LogP contribution in [-0.2, 0) is 9.84 Å². The van der Waals surface area contributed by atoms with Gasteiger partial charge in [0.15, 0.2) is 15.7 Å². The molecule has 1 aromatic rings. The highest BCUT2D eigenvalue weighted by atomic mass is 32.2. The van der Waals surface area contributed by atoms with Crippen molar-refractivity contribution in [3.8, 4) is 0 Å². The molecular weight excluding hydrogens is 216 g/mol. The highest BCUT2D eigenvalue weighted by Crippen LogP contribution is 2.34. The van der Waals surface area contributed by atoms with Gasteiger partial charge in [0, 0.05) is 0 Å². The fourth-order valence-corrected chi connectivity index (χ4v) is 3.57. The average molecular weight is 228 g/mol. The number of hydrogen-bond donors (Lipinski definition) is 2. The molecule has 1 unspecified atom stereocenters. The van der Waals surface area contributed by atoms with E-state index < -0.39 is 15.1 Å². The number of nitrogens with zero attached hydrogens (tertiary/aromatic N) is 2. The Morgan fingerprint density at radius 3 is 2.60 bits per heavy atom. The van der Waals surface area contributed by atoms with Crippen LogP contribution in [0, 0.1) is 0 Å². The first-order valence-electron chi connectivity index (χ1n) is 4.61. The summed E-state index contributed by atoms with van der Waals surface area (Å²) in [6.45, 7) is 0. The first-order valence-corrected chi connectivity index (χ1v) is 6.32. The van der Waals surface area contributed by atoms with Crippen molar-refractivity contribution in [1.29, 1.82) is 0 Å². The summed E-state index contributed by atoms with van der Waals surface area (Å²) >= 11 is 0. The minimum absolute atomic E-state index is 0.133. The highest BCUT2D eigenvalue weighted by molar-refractivity contribution is 7.91. The lowest BCUT2D eigenvalue weighted by Gasteiger charge is -2.08. The zero-order valence-corrected chi connectivity index (χ0v) is 8.87. The second-order valence-corrected chi connectivity index (χ2v) is 5.91. The van der Waals surface area contributed by atoms with Gasteiger partial charge in [-0.25, -0.2) is 8.42 Å². The van der Waals surface area contributed by atoms with Gasteiger partial charge in [-0.3, -0.25) is 0 Å². The quantitative estimate of drug-likeness (QED) is 0.693. The summed E-state index contributed by atoms with van der Waals surface area (Å²) in [7, 11) is -3.07. The molecule has 0 aromatic carbocycles. The molecule has 6 nitrogen and oxygen atoms in total. The van der Waals surface area contributed by atoms with E-state index in [1.54, 1.807) is 0 Å². The lowest BCUT2D eigenvalue weighted by Crippen LogP contribution is -2.12. The van der Waals surface area contributed by atoms with Gasteiger partial charge in [-0.05, 0) is 18.9 Å². The second-order valence-electron chi connectivity index (χ2n) is 3.61. The van der Waals surface area contributed by atoms with E-state index >= 15 is 0 Å². The fourth-order valence-electron chi connectivity index (χ4n) is 1.71. The Bertz CT molecular complexity index is 485. The van der Waals surface area contributed by atoms with Crippen LogP contribution in [0.1, 0.15) is 23.8 Å². The molecule has 1 aliphatic heterocycles. The van der Waals surface area contributed by atoms with Gasteiger partial charge in [0.25, 0.3) is 0 Å². The van der Waals surface area contributed by atoms with Gasteiger partial charge in [0.2, 0.25) is 0 Å². The molecule has 0 bridgehead atoms. The molecule has 4 N–H and O–H groups in total. The largest absolute Gasteiger partial charge is 0.396 e. The molecule has 1 fully saturated rings. The van der Waals surface area contributed by atoms with E-state index in [0.29, 0.717) is 18.5 Å². The lowest BCUT2D eigenvalue weighted by atomic mass is 10.2. The van der Waals surface area contributed by atoms with Crippen molar-refractivity contribution < 1.29 is 8.42 Å². The molecule has 0 spiro atoms. The zero-order valence-electron chi connectivity index (χ0n) is 8.05. The molecular formula is C8H12N4O2S. The fraction of sp³-hybridized carbons (Fsp3) is 0.500. The van der Waals surface area contributed by atoms with Crippen molar-refractivity contribution in [3.63, 3.8) is 0 Å². The summed E-state index contributed by atoms with van der Waals surface area (Å²) in [5.74, 6) is 0.345. The monoisotopic (exact) mass is 228 g/mol. The summed E-state index contributed by atoms with van der Waals surface area (Å²) in [5, 5.41) is 6.85. The third kappa shape index (κ3) is 1.74. The number of aromatic nitrogens is 2. The molecule has 15 heavy (non-hydrogen) atoms. The van der Waals surface area contributed by atoms with Gasteiger partial charge in [0.1, 0.15) is 5.25 Å². The van der Waals surface area contributed by atoms with Crippen LogP contribution in [0.2, 0.25) is 0 Å². The minimum Gasteiger partial charge on any atom is -0.396 e. The molecule has 1 aromatic heterocycles. The smallest absolute Gasteiger partial charge is 0.169 e. The van der Waals surface area contributed by atoms with Crippen molar-refractivity contribution in [2.45, 2.75) is 18.1 Å². The zero-order chi connectivity index (χ0) is 11.1. The molecule has 1 atom stereocenters. The van der Waals surface area contributed by atoms with E-state index in [0.717, 1.165) is 0 Å². The van der Waals surface area contributed by atoms with Gasteiger partial charge in [0.05, 0.1) is 17.1 Å². The van der Waals surface area contributed by atoms with Gasteiger partial charge < -0.3 is 11.5 Å². The third-order valence-electron chi connectivity index (χ3n) is 2.53. The van der Waals surface area contributed by atoms with Crippen LogP contribution in [0.15, 0.2) is 6.07 Å². The summed E-state index contributed by atoms with van der Waals surface area (Å²) in [6, 6.07) is 1.50. The van der Waals surface area contributed by atoms with E-state index in [9.17, 15) is 8.42 Å². The summed E-state index contributed by atoms with van der Waals surface area (Å²) in [6.07, 6.45) is 1.25. The number of rotatable bonds is 1. The van der Waals surface area contributed by atoms with Crippen LogP contribution in [0.4, 0.5) is 11.5 Å². The molecule has 82 valence electrons. The Morgan fingerprint density at radius 1 is 1.33 bits per heavy atom. The van der Waals surface area contributed by atoms with Crippen molar-refractivity contribution in [1.82, 2.24) is 10.2 Å². The van der Waals surface area contributed by atoms with E-state index in [1.165, 1.54) is 6.07 Å². The summed E-state index contributed by atoms with van der Waals surface area (Å²) < 4.78 is 23.2. The second kappa shape index (κ2) is 3.34. The van der Waals surface area contributed by atoms with Gasteiger partial charge in [-0.1, -0.05) is 0 Å². The molecule has 7 heteroatoms. The summed E-state index contributed by atoms with van der Waals surface area (Å²) in [4.78, 5) is 0. The van der Waals surface area contributed by atoms with Crippen LogP contribution < -0.4 is 11.5 Å². The lowest BCUT2D eigenvalue weighted by molar-refractivity contribution is 0.590. The van der Waals surface area contributed by atoms with E-state index in [2.05, 4.69) is 10.2 Å². The molecule has 1 saturated heterocycles. The number of anilines is 2. The maximum Gasteiger partial charge on any atom is 0.169 e. The molecule has 1 aliphatic rings. The van der Waals surface area contributed by atoms with Gasteiger partial charge in [-0.2, -0.15) is 5.10 Å². The molecule has 2 rings (SSSR count). The van der Waals surface area contributed by atoms with Crippen molar-refractivity contribution >= 4 is 21.3 Å². The Labute approximate surface area is 87.6 Å². The van der Waals surface area contributed by atoms with Crippen LogP contribution >= 0.6 is 0 Å². The number of hydrogen-bond acceptors (Lipinski definition) is 6. The molecule has 0 saturated carbocycles. The maximum atomic E-state index is 11.6. The summed E-state index contributed by atoms with van der Waals surface area (Å²) in [5.41, 5.74) is 11.6. The Hall–Kier alpha value is -1.37. The molecule has 0 amide bonds. The van der Waals surface area contributed by atoms with Crippen LogP contribution in [-0.4, -0.2) is 24.4 Å². The number of nitrogens with two attached hydrogens (primary N) is 2. The average Bonchev–Trinajstić information content (AvgIpc) is 2.50. The Morgan fingerprint density at radius 2 is 2.07 bits per heavy atom. The molecule has 0 radical (unpaired) electrons. The Balaban J connectivity index is 2.42. The number of nitrogen functional groups attached to an aromatic ring is 2. The molecule has 2 heterocycles. The van der Waals surface area contributed by atoms with Gasteiger partial charge >= 0.3 is 0 Å². The van der Waals surface area contributed by atoms with Crippen LogP contribution in [0.25, 0.3) is 0 Å². The SMILES string of the molecule is Nc1cc(C2CCCS2(=O)=O)nnc1N. The first kappa shape index (κ1) is 10.2. The van der Waals surface area contributed by atoms with E-state index in [1.807, 2.05) is 0 Å². The third-order valence-corrected chi connectivity index (χ3v) is 4.73. The van der Waals surface area contributed by atoms with Crippen molar-refractivity contribution in [2.24, 2.45) is 0 Å². The predicted octanol–water partition coefficient (Wildman–Crippen LogP) is -0.109. The molecule has 0 aliphatic carbocycles. The maximum absolute atomic E-state index is 11.6. The van der Waals surface area contributed by atoms with Crippen molar-refractivity contribution in [3.05, 3.63) is 11.8 Å². The van der Waals surface area contributed by atoms with E-state index in [-0.39, 0.29) is 17.3 Å². The first-order chi connectivity index (χ1) is 7.00. The standard InChI is InChI=1S/C8H12N4O2S/c9-5-4-6(11-12-8(5)10)7-2-1-3-15(7,13)14/h4,7H,1-3H2,(H2,9,11)(H2,10,12). The topological polar surface area (TPSA) is 112 Å². The van der Waals surface area contributed by atoms with Gasteiger partial charge in [-0.15, -0.1) is 5.10 Å². The van der Waals surface area contributed by atoms with Crippen LogP contribution in [0.3, 0.4) is 0 Å². The van der Waals surface area contributed by atoms with E-state index in [4.69, 9.17) is 11.5 Å². The Kier molecular flexibility index (Phi) is 2.26. The van der Waals surface area contributed by atoms with Crippen molar-refractivity contribution in [2.75, 3.05) is 17.2 Å². The normalized spacial score (nSPS) is 24.1. The number of sulfone groups is 1. The predicted molar refractivity (Wildman–Crippen MR) is 56.6 cm³/mol. The highest BCUT2D eigenvalue weighted by Gasteiger charge is 2.34.